The fraction of sp³-hybridized carbons (Fsp3) is 0.200. The molecule has 0 aliphatic rings. The number of rotatable bonds is 5. The van der Waals surface area contributed by atoms with Crippen LogP contribution in [0.15, 0.2) is 37.3 Å². The van der Waals surface area contributed by atoms with Crippen molar-refractivity contribution in [2.45, 2.75) is 13.3 Å². The van der Waals surface area contributed by atoms with Gasteiger partial charge in [-0.3, -0.25) is 4.79 Å². The molecule has 0 aromatic heterocycles. The first-order valence-electron chi connectivity index (χ1n) is 3.90. The molecule has 0 saturated heterocycles. The molecule has 0 atom stereocenters. The highest BCUT2D eigenvalue weighted by Gasteiger charge is 2.05. The minimum Gasteiger partial charge on any atom is -0.435 e. The second kappa shape index (κ2) is 6.65. The minimum absolute atomic E-state index is 0.00406. The average molecular weight is 196 g/mol. The van der Waals surface area contributed by atoms with E-state index in [4.69, 9.17) is 0 Å². The Morgan fingerprint density at radius 3 is 2.29 bits per heavy atom. The second-order valence-corrected chi connectivity index (χ2v) is 2.32. The highest BCUT2D eigenvalue weighted by molar-refractivity contribution is 5.89. The van der Waals surface area contributed by atoms with Gasteiger partial charge in [0.1, 0.15) is 0 Å². The first-order chi connectivity index (χ1) is 6.61. The van der Waals surface area contributed by atoms with Gasteiger partial charge in [-0.15, -0.1) is 0 Å². The molecule has 0 rings (SSSR count). The van der Waals surface area contributed by atoms with Gasteiger partial charge in [-0.2, -0.15) is 0 Å². The molecule has 0 radical (unpaired) electrons. The summed E-state index contributed by atoms with van der Waals surface area (Å²) in [6, 6.07) is 0. The van der Waals surface area contributed by atoms with E-state index >= 15 is 0 Å². The van der Waals surface area contributed by atoms with Gasteiger partial charge in [-0.25, -0.2) is 4.79 Å². The Balaban J connectivity index is 4.10. The normalized spacial score (nSPS) is 10.2. The molecular weight excluding hydrogens is 184 g/mol. The fourth-order valence-corrected chi connectivity index (χ4v) is 0.629. The molecule has 0 bridgehead atoms. The van der Waals surface area contributed by atoms with E-state index in [-0.39, 0.29) is 6.42 Å². The maximum Gasteiger partial charge on any atom is 0.338 e. The summed E-state index contributed by atoms with van der Waals surface area (Å²) in [5.74, 6) is -1.02. The van der Waals surface area contributed by atoms with Crippen molar-refractivity contribution in [3.63, 3.8) is 0 Å². The number of hydrogen-bond acceptors (Lipinski definition) is 4. The Morgan fingerprint density at radius 2 is 1.79 bits per heavy atom. The third-order valence-corrected chi connectivity index (χ3v) is 1.30. The number of esters is 2. The molecule has 0 aliphatic carbocycles. The van der Waals surface area contributed by atoms with Crippen molar-refractivity contribution in [1.29, 1.82) is 0 Å². The van der Waals surface area contributed by atoms with Crippen LogP contribution in [0.5, 0.6) is 0 Å². The molecule has 0 amide bonds. The van der Waals surface area contributed by atoms with E-state index in [0.717, 1.165) is 12.5 Å². The summed E-state index contributed by atoms with van der Waals surface area (Å²) in [6.45, 7) is 7.99. The number of ether oxygens (including phenoxy) is 2. The Kier molecular flexibility index (Phi) is 5.78. The van der Waals surface area contributed by atoms with E-state index in [2.05, 4.69) is 22.6 Å². The molecule has 0 spiro atoms. The van der Waals surface area contributed by atoms with E-state index in [0.29, 0.717) is 5.57 Å². The van der Waals surface area contributed by atoms with Crippen LogP contribution in [0.25, 0.3) is 0 Å². The van der Waals surface area contributed by atoms with Crippen molar-refractivity contribution in [3.05, 3.63) is 37.3 Å². The lowest BCUT2D eigenvalue weighted by Gasteiger charge is -1.98. The maximum absolute atomic E-state index is 11.0. The van der Waals surface area contributed by atoms with Gasteiger partial charge in [-0.05, 0) is 6.92 Å². The van der Waals surface area contributed by atoms with Crippen LogP contribution in [0.1, 0.15) is 13.3 Å². The van der Waals surface area contributed by atoms with Crippen molar-refractivity contribution in [1.82, 2.24) is 0 Å². The third-order valence-electron chi connectivity index (χ3n) is 1.30. The molecule has 0 unspecified atom stereocenters. The lowest BCUT2D eigenvalue weighted by Crippen LogP contribution is -2.03. The lowest BCUT2D eigenvalue weighted by molar-refractivity contribution is -0.136. The molecule has 4 heteroatoms. The van der Waals surface area contributed by atoms with Gasteiger partial charge in [0, 0.05) is 5.57 Å². The minimum atomic E-state index is -0.536. The van der Waals surface area contributed by atoms with Crippen molar-refractivity contribution in [3.8, 4) is 0 Å². The summed E-state index contributed by atoms with van der Waals surface area (Å²) in [6.07, 6.45) is 3.48. The third kappa shape index (κ3) is 4.92. The van der Waals surface area contributed by atoms with Gasteiger partial charge in [0.15, 0.2) is 0 Å². The summed E-state index contributed by atoms with van der Waals surface area (Å²) in [5.41, 5.74) is 0.325. The molecule has 0 heterocycles. The van der Waals surface area contributed by atoms with E-state index < -0.39 is 11.9 Å². The van der Waals surface area contributed by atoms with Crippen LogP contribution in [-0.4, -0.2) is 11.9 Å². The monoisotopic (exact) mass is 196 g/mol. The number of carbonyl (C=O) groups is 2. The van der Waals surface area contributed by atoms with Crippen LogP contribution in [0.4, 0.5) is 0 Å². The van der Waals surface area contributed by atoms with Gasteiger partial charge < -0.3 is 9.47 Å². The van der Waals surface area contributed by atoms with Gasteiger partial charge in [0.25, 0.3) is 0 Å². The zero-order valence-electron chi connectivity index (χ0n) is 7.99. The predicted octanol–water partition coefficient (Wildman–Crippen LogP) is 1.70. The van der Waals surface area contributed by atoms with Gasteiger partial charge in [0.2, 0.25) is 0 Å². The summed E-state index contributed by atoms with van der Waals surface area (Å²) < 4.78 is 8.92. The molecular formula is C10H12O4. The zero-order valence-corrected chi connectivity index (χ0v) is 7.99. The van der Waals surface area contributed by atoms with E-state index in [1.165, 1.54) is 13.0 Å². The van der Waals surface area contributed by atoms with Crippen LogP contribution in [0.2, 0.25) is 0 Å². The van der Waals surface area contributed by atoms with Crippen LogP contribution in [0.3, 0.4) is 0 Å². The first-order valence-corrected chi connectivity index (χ1v) is 3.90. The molecule has 76 valence electrons. The van der Waals surface area contributed by atoms with Crippen LogP contribution in [-0.2, 0) is 19.1 Å². The average Bonchev–Trinajstić information content (AvgIpc) is 2.15. The van der Waals surface area contributed by atoms with E-state index in [1.807, 2.05) is 0 Å². The summed E-state index contributed by atoms with van der Waals surface area (Å²) >= 11 is 0. The molecule has 14 heavy (non-hydrogen) atoms. The van der Waals surface area contributed by atoms with Gasteiger partial charge >= 0.3 is 11.9 Å². The topological polar surface area (TPSA) is 52.6 Å². The van der Waals surface area contributed by atoms with Crippen molar-refractivity contribution in [2.75, 3.05) is 0 Å². The van der Waals surface area contributed by atoms with Crippen molar-refractivity contribution >= 4 is 11.9 Å². The van der Waals surface area contributed by atoms with Gasteiger partial charge in [0.05, 0.1) is 18.9 Å². The molecule has 4 nitrogen and oxygen atoms in total. The fourth-order valence-electron chi connectivity index (χ4n) is 0.629. The Morgan fingerprint density at radius 1 is 1.21 bits per heavy atom. The maximum atomic E-state index is 11.0. The number of carbonyl (C=O) groups excluding carboxylic acids is 2. The molecule has 0 aromatic rings. The summed E-state index contributed by atoms with van der Waals surface area (Å²) in [7, 11) is 0. The Hall–Kier alpha value is -1.84. The Labute approximate surface area is 82.5 Å². The highest BCUT2D eigenvalue weighted by Crippen LogP contribution is 2.00. The van der Waals surface area contributed by atoms with Crippen LogP contribution in [0, 0.1) is 0 Å². The van der Waals surface area contributed by atoms with Crippen LogP contribution < -0.4 is 0 Å². The van der Waals surface area contributed by atoms with Crippen LogP contribution >= 0.6 is 0 Å². The largest absolute Gasteiger partial charge is 0.435 e. The van der Waals surface area contributed by atoms with Crippen molar-refractivity contribution in [2.24, 2.45) is 0 Å². The predicted molar refractivity (Wildman–Crippen MR) is 51.0 cm³/mol. The summed E-state index contributed by atoms with van der Waals surface area (Å²) in [4.78, 5) is 21.8. The SMILES string of the molecule is C=COC(=O)C/C=C(\C)C(=O)OC=C. The second-order valence-electron chi connectivity index (χ2n) is 2.32. The van der Waals surface area contributed by atoms with Gasteiger partial charge in [-0.1, -0.05) is 19.2 Å². The molecule has 0 N–H and O–H groups in total. The van der Waals surface area contributed by atoms with E-state index in [9.17, 15) is 9.59 Å². The molecule has 0 aliphatic heterocycles. The summed E-state index contributed by atoms with van der Waals surface area (Å²) in [5, 5.41) is 0. The molecule has 0 fully saturated rings. The lowest BCUT2D eigenvalue weighted by atomic mass is 10.2. The van der Waals surface area contributed by atoms with Crippen molar-refractivity contribution < 1.29 is 19.1 Å². The quantitative estimate of drug-likeness (QED) is 0.381. The first kappa shape index (κ1) is 12.2. The smallest absolute Gasteiger partial charge is 0.338 e. The number of hydrogen-bond donors (Lipinski definition) is 0. The van der Waals surface area contributed by atoms with E-state index in [1.54, 1.807) is 0 Å². The Bertz CT molecular complexity index is 276. The highest BCUT2D eigenvalue weighted by atomic mass is 16.5. The standard InChI is InChI=1S/C10H12O4/c1-4-13-9(11)7-6-8(3)10(12)14-5-2/h4-6H,1-2,7H2,3H3/b8-6+. The zero-order chi connectivity index (χ0) is 11.0. The molecule has 0 saturated carbocycles. The molecule has 0 aromatic carbocycles.